The molecular weight excluding hydrogens is 335 g/mol. The highest BCUT2D eigenvalue weighted by molar-refractivity contribution is 6.30. The second-order valence-corrected chi connectivity index (χ2v) is 5.19. The number of benzene rings is 1. The van der Waals surface area contributed by atoms with Crippen molar-refractivity contribution in [1.29, 1.82) is 0 Å². The maximum atomic E-state index is 13.1. The molecule has 0 aliphatic rings. The lowest BCUT2D eigenvalue weighted by Crippen LogP contribution is -2.14. The molecule has 1 N–H and O–H groups in total. The average molecular weight is 347 g/mol. The number of nitrogens with one attached hydrogen (secondary N) is 1. The van der Waals surface area contributed by atoms with Crippen LogP contribution < -0.4 is 10.1 Å². The summed E-state index contributed by atoms with van der Waals surface area (Å²) in [4.78, 5) is 16.0. The van der Waals surface area contributed by atoms with Crippen LogP contribution in [0.3, 0.4) is 0 Å². The first kappa shape index (κ1) is 15.9. The molecule has 0 aliphatic carbocycles. The molecule has 2 heterocycles. The van der Waals surface area contributed by atoms with E-state index in [-0.39, 0.29) is 23.4 Å². The van der Waals surface area contributed by atoms with E-state index in [1.54, 1.807) is 36.8 Å². The maximum absolute atomic E-state index is 13.1. The smallest absolute Gasteiger partial charge is 0.276 e. The number of halogens is 2. The monoisotopic (exact) mass is 346 g/mol. The number of pyridine rings is 1. The summed E-state index contributed by atoms with van der Waals surface area (Å²) < 4.78 is 20.0. The van der Waals surface area contributed by atoms with Gasteiger partial charge >= 0.3 is 0 Å². The summed E-state index contributed by atoms with van der Waals surface area (Å²) in [7, 11) is 0. The number of ether oxygens (including phenoxy) is 1. The molecule has 0 radical (unpaired) electrons. The minimum absolute atomic E-state index is 0.0228. The van der Waals surface area contributed by atoms with E-state index in [2.05, 4.69) is 15.4 Å². The van der Waals surface area contributed by atoms with E-state index >= 15 is 0 Å². The van der Waals surface area contributed by atoms with E-state index in [0.29, 0.717) is 11.4 Å². The molecule has 122 valence electrons. The number of carbonyl (C=O) groups is 1. The van der Waals surface area contributed by atoms with Gasteiger partial charge in [-0.2, -0.15) is 5.10 Å². The van der Waals surface area contributed by atoms with E-state index in [9.17, 15) is 9.18 Å². The van der Waals surface area contributed by atoms with Gasteiger partial charge in [0.15, 0.2) is 12.4 Å². The van der Waals surface area contributed by atoms with Crippen molar-refractivity contribution in [3.8, 4) is 5.75 Å². The lowest BCUT2D eigenvalue weighted by atomic mass is 10.3. The first-order chi connectivity index (χ1) is 11.6. The highest BCUT2D eigenvalue weighted by Crippen LogP contribution is 2.21. The minimum Gasteiger partial charge on any atom is -0.471 e. The van der Waals surface area contributed by atoms with E-state index in [0.717, 1.165) is 0 Å². The van der Waals surface area contributed by atoms with Gasteiger partial charge in [0.1, 0.15) is 11.6 Å². The number of anilines is 1. The molecule has 0 aliphatic heterocycles. The van der Waals surface area contributed by atoms with Crippen LogP contribution in [0.1, 0.15) is 10.5 Å². The predicted octanol–water partition coefficient (Wildman–Crippen LogP) is 3.36. The fraction of sp³-hybridized carbons (Fsp3) is 0.0625. The van der Waals surface area contributed by atoms with Gasteiger partial charge in [0.2, 0.25) is 0 Å². The highest BCUT2D eigenvalue weighted by Gasteiger charge is 2.10. The van der Waals surface area contributed by atoms with Crippen molar-refractivity contribution in [2.75, 3.05) is 5.32 Å². The molecule has 2 aromatic heterocycles. The van der Waals surface area contributed by atoms with Crippen molar-refractivity contribution in [2.24, 2.45) is 0 Å². The third kappa shape index (κ3) is 3.88. The van der Waals surface area contributed by atoms with Gasteiger partial charge in [-0.15, -0.1) is 0 Å². The zero-order chi connectivity index (χ0) is 16.9. The largest absolute Gasteiger partial charge is 0.471 e. The summed E-state index contributed by atoms with van der Waals surface area (Å²) in [6.45, 7) is 0.0600. The Bertz CT molecular complexity index is 854. The third-order valence-corrected chi connectivity index (χ3v) is 3.36. The van der Waals surface area contributed by atoms with E-state index in [4.69, 9.17) is 16.3 Å². The summed E-state index contributed by atoms with van der Waals surface area (Å²) in [5, 5.41) is 6.80. The highest BCUT2D eigenvalue weighted by atomic mass is 35.5. The number of hydrogen-bond donors (Lipinski definition) is 1. The lowest BCUT2D eigenvalue weighted by molar-refractivity contribution is 0.102. The Hall–Kier alpha value is -2.93. The van der Waals surface area contributed by atoms with Gasteiger partial charge in [-0.3, -0.25) is 9.78 Å². The zero-order valence-corrected chi connectivity index (χ0v) is 13.1. The zero-order valence-electron chi connectivity index (χ0n) is 12.3. The fourth-order valence-electron chi connectivity index (χ4n) is 1.89. The molecule has 3 aromatic rings. The maximum Gasteiger partial charge on any atom is 0.276 e. The van der Waals surface area contributed by atoms with Crippen LogP contribution in [0.2, 0.25) is 5.02 Å². The predicted molar refractivity (Wildman–Crippen MR) is 86.5 cm³/mol. The van der Waals surface area contributed by atoms with Crippen molar-refractivity contribution < 1.29 is 13.9 Å². The molecule has 0 unspecified atom stereocenters. The topological polar surface area (TPSA) is 69.0 Å². The van der Waals surface area contributed by atoms with E-state index in [1.165, 1.54) is 22.9 Å². The van der Waals surface area contributed by atoms with Crippen LogP contribution in [-0.2, 0) is 6.73 Å². The average Bonchev–Trinajstić information content (AvgIpc) is 3.06. The molecule has 0 atom stereocenters. The lowest BCUT2D eigenvalue weighted by Gasteiger charge is -2.07. The minimum atomic E-state index is -0.516. The Balaban J connectivity index is 1.60. The van der Waals surface area contributed by atoms with Gasteiger partial charge in [0, 0.05) is 30.3 Å². The second-order valence-electron chi connectivity index (χ2n) is 4.78. The summed E-state index contributed by atoms with van der Waals surface area (Å²) in [5.74, 6) is -0.456. The second kappa shape index (κ2) is 7.10. The van der Waals surface area contributed by atoms with Crippen molar-refractivity contribution in [2.45, 2.75) is 6.73 Å². The van der Waals surface area contributed by atoms with Crippen molar-refractivity contribution in [3.05, 3.63) is 71.5 Å². The molecule has 1 aromatic carbocycles. The van der Waals surface area contributed by atoms with Crippen LogP contribution in [0.25, 0.3) is 0 Å². The van der Waals surface area contributed by atoms with Gasteiger partial charge in [0.05, 0.1) is 5.02 Å². The molecule has 8 heteroatoms. The Morgan fingerprint density at radius 2 is 2.04 bits per heavy atom. The first-order valence-corrected chi connectivity index (χ1v) is 7.32. The van der Waals surface area contributed by atoms with Gasteiger partial charge in [-0.25, -0.2) is 9.07 Å². The van der Waals surface area contributed by atoms with Crippen LogP contribution in [0.4, 0.5) is 10.1 Å². The van der Waals surface area contributed by atoms with E-state index < -0.39 is 5.82 Å². The molecule has 0 bridgehead atoms. The summed E-state index contributed by atoms with van der Waals surface area (Å²) >= 11 is 5.68. The fourth-order valence-corrected chi connectivity index (χ4v) is 2.06. The number of aromatic nitrogens is 3. The third-order valence-electron chi connectivity index (χ3n) is 3.07. The van der Waals surface area contributed by atoms with Gasteiger partial charge < -0.3 is 10.1 Å². The van der Waals surface area contributed by atoms with Crippen molar-refractivity contribution in [1.82, 2.24) is 14.8 Å². The molecule has 6 nitrogen and oxygen atoms in total. The van der Waals surface area contributed by atoms with Gasteiger partial charge in [0.25, 0.3) is 5.91 Å². The quantitative estimate of drug-likeness (QED) is 0.769. The summed E-state index contributed by atoms with van der Waals surface area (Å²) in [6, 6.07) is 8.97. The Labute approximate surface area is 141 Å². The summed E-state index contributed by atoms with van der Waals surface area (Å²) in [6.07, 6.45) is 4.76. The Morgan fingerprint density at radius 3 is 2.79 bits per heavy atom. The molecule has 0 saturated heterocycles. The molecule has 1 amide bonds. The molecule has 0 saturated carbocycles. The number of rotatable bonds is 5. The number of nitrogens with zero attached hydrogens (tertiary/aromatic N) is 3. The SMILES string of the molecule is O=C(Nc1ccncc1)c1ccn(COc2ccc(F)c(Cl)c2)n1. The van der Waals surface area contributed by atoms with Crippen LogP contribution in [0.15, 0.2) is 55.0 Å². The molecule has 24 heavy (non-hydrogen) atoms. The van der Waals surface area contributed by atoms with Crippen molar-refractivity contribution >= 4 is 23.2 Å². The molecule has 0 spiro atoms. The number of carbonyl (C=O) groups excluding carboxylic acids is 1. The Morgan fingerprint density at radius 1 is 1.25 bits per heavy atom. The summed E-state index contributed by atoms with van der Waals surface area (Å²) in [5.41, 5.74) is 0.870. The van der Waals surface area contributed by atoms with Crippen molar-refractivity contribution in [3.63, 3.8) is 0 Å². The van der Waals surface area contributed by atoms with Crippen LogP contribution >= 0.6 is 11.6 Å². The number of hydrogen-bond acceptors (Lipinski definition) is 4. The van der Waals surface area contributed by atoms with Gasteiger partial charge in [-0.05, 0) is 30.3 Å². The number of amides is 1. The van der Waals surface area contributed by atoms with Crippen LogP contribution in [0.5, 0.6) is 5.75 Å². The molecule has 3 rings (SSSR count). The van der Waals surface area contributed by atoms with E-state index in [1.807, 2.05) is 0 Å². The van der Waals surface area contributed by atoms with Crippen LogP contribution in [0, 0.1) is 5.82 Å². The van der Waals surface area contributed by atoms with Gasteiger partial charge in [-0.1, -0.05) is 11.6 Å². The first-order valence-electron chi connectivity index (χ1n) is 6.94. The Kier molecular flexibility index (Phi) is 4.72. The molecule has 0 fully saturated rings. The standard InChI is InChI=1S/C16H12ClFN4O2/c17-13-9-12(1-2-14(13)18)24-10-22-8-5-15(21-22)16(23)20-11-3-6-19-7-4-11/h1-9H,10H2,(H,19,20,23). The molecular formula is C16H12ClFN4O2. The normalized spacial score (nSPS) is 10.4. The van der Waals surface area contributed by atoms with Crippen LogP contribution in [-0.4, -0.2) is 20.7 Å².